The maximum atomic E-state index is 2.42. The first kappa shape index (κ1) is 23.0. The Kier molecular flexibility index (Phi) is 5.05. The van der Waals surface area contributed by atoms with Crippen LogP contribution in [0.2, 0.25) is 0 Å². The monoisotopic (exact) mass is 513 g/mol. The largest absolute Gasteiger partial charge is 0.345 e. The molecule has 0 radical (unpaired) electrons. The average Bonchev–Trinajstić information content (AvgIpc) is 3.01. The molecule has 0 amide bonds. The zero-order valence-corrected chi connectivity index (χ0v) is 22.6. The molecule has 0 N–H and O–H groups in total. The van der Waals surface area contributed by atoms with Crippen LogP contribution < -0.4 is 31.1 Å². The second-order valence-electron chi connectivity index (χ2n) is 10.7. The molecule has 0 atom stereocenters. The van der Waals surface area contributed by atoms with Crippen LogP contribution in [0.25, 0.3) is 10.8 Å². The third-order valence-electron chi connectivity index (χ3n) is 8.61. The van der Waals surface area contributed by atoms with Gasteiger partial charge in [-0.1, -0.05) is 91.0 Å². The van der Waals surface area contributed by atoms with Crippen molar-refractivity contribution in [2.45, 2.75) is 0 Å². The number of rotatable bonds is 3. The van der Waals surface area contributed by atoms with Crippen molar-refractivity contribution in [3.8, 4) is 0 Å². The van der Waals surface area contributed by atoms with E-state index < -0.39 is 0 Å². The summed E-state index contributed by atoms with van der Waals surface area (Å²) in [6.07, 6.45) is 0. The summed E-state index contributed by atoms with van der Waals surface area (Å²) in [5.41, 5.74) is 12.6. The lowest BCUT2D eigenvalue weighted by molar-refractivity contribution is 1.17. The molecule has 6 aromatic rings. The first-order valence-corrected chi connectivity index (χ1v) is 13.9. The second kappa shape index (κ2) is 8.79. The normalized spacial score (nSPS) is 13.1. The van der Waals surface area contributed by atoms with Gasteiger partial charge in [0.25, 0.3) is 6.71 Å². The van der Waals surface area contributed by atoms with Crippen molar-refractivity contribution in [2.75, 3.05) is 28.8 Å². The van der Waals surface area contributed by atoms with Crippen molar-refractivity contribution in [2.24, 2.45) is 0 Å². The molecule has 0 saturated carbocycles. The summed E-state index contributed by atoms with van der Waals surface area (Å²) in [6, 6.07) is 48.4. The first-order chi connectivity index (χ1) is 19.7. The molecule has 0 aromatic heterocycles. The Morgan fingerprint density at radius 3 is 1.82 bits per heavy atom. The molecule has 0 unspecified atom stereocenters. The van der Waals surface area contributed by atoms with Gasteiger partial charge >= 0.3 is 0 Å². The van der Waals surface area contributed by atoms with Crippen LogP contribution in [0.15, 0.2) is 133 Å². The van der Waals surface area contributed by atoms with Gasteiger partial charge in [0.2, 0.25) is 0 Å². The minimum absolute atomic E-state index is 0.171. The molecular weight excluding hydrogens is 485 g/mol. The van der Waals surface area contributed by atoms with Gasteiger partial charge in [0.05, 0.1) is 5.69 Å². The van der Waals surface area contributed by atoms with Crippen molar-refractivity contribution < 1.29 is 0 Å². The molecule has 2 aliphatic heterocycles. The van der Waals surface area contributed by atoms with E-state index in [0.29, 0.717) is 0 Å². The third-order valence-corrected chi connectivity index (χ3v) is 8.61. The van der Waals surface area contributed by atoms with Gasteiger partial charge in [-0.15, -0.1) is 0 Å². The molecular formula is C36H28BN3. The van der Waals surface area contributed by atoms with Gasteiger partial charge in [-0.3, -0.25) is 0 Å². The predicted octanol–water partition coefficient (Wildman–Crippen LogP) is 6.99. The summed E-state index contributed by atoms with van der Waals surface area (Å²) in [4.78, 5) is 7.17. The van der Waals surface area contributed by atoms with E-state index >= 15 is 0 Å². The van der Waals surface area contributed by atoms with Gasteiger partial charge in [0.15, 0.2) is 0 Å². The highest BCUT2D eigenvalue weighted by molar-refractivity contribution is 7.00. The lowest BCUT2D eigenvalue weighted by Crippen LogP contribution is -2.61. The highest BCUT2D eigenvalue weighted by Gasteiger charge is 2.41. The zero-order chi connectivity index (χ0) is 26.8. The van der Waals surface area contributed by atoms with Crippen molar-refractivity contribution in [1.29, 1.82) is 0 Å². The summed E-state index contributed by atoms with van der Waals surface area (Å²) in [6.45, 7) is 0.171. The first-order valence-electron chi connectivity index (χ1n) is 13.9. The smallest absolute Gasteiger partial charge is 0.252 e. The van der Waals surface area contributed by atoms with Crippen LogP contribution >= 0.6 is 0 Å². The van der Waals surface area contributed by atoms with Gasteiger partial charge in [-0.05, 0) is 64.2 Å². The van der Waals surface area contributed by atoms with Gasteiger partial charge in [-0.25, -0.2) is 0 Å². The maximum absolute atomic E-state index is 2.42. The fourth-order valence-corrected chi connectivity index (χ4v) is 6.83. The van der Waals surface area contributed by atoms with Crippen molar-refractivity contribution >= 4 is 73.7 Å². The lowest BCUT2D eigenvalue weighted by Gasteiger charge is -2.43. The molecule has 190 valence electrons. The van der Waals surface area contributed by atoms with Crippen molar-refractivity contribution in [1.82, 2.24) is 0 Å². The summed E-state index contributed by atoms with van der Waals surface area (Å²) >= 11 is 0. The minimum atomic E-state index is 0.171. The Labute approximate surface area is 235 Å². The summed E-state index contributed by atoms with van der Waals surface area (Å²) in [7, 11) is 4.44. The molecule has 0 bridgehead atoms. The molecule has 6 aromatic carbocycles. The van der Waals surface area contributed by atoms with Crippen molar-refractivity contribution in [3.05, 3.63) is 133 Å². The Morgan fingerprint density at radius 1 is 0.500 bits per heavy atom. The van der Waals surface area contributed by atoms with E-state index in [1.165, 1.54) is 49.9 Å². The molecule has 0 saturated heterocycles. The number of anilines is 7. The minimum Gasteiger partial charge on any atom is -0.345 e. The summed E-state index contributed by atoms with van der Waals surface area (Å²) < 4.78 is 0. The maximum Gasteiger partial charge on any atom is 0.252 e. The molecule has 40 heavy (non-hydrogen) atoms. The average molecular weight is 513 g/mol. The number of hydrogen-bond donors (Lipinski definition) is 0. The van der Waals surface area contributed by atoms with E-state index in [1.54, 1.807) is 0 Å². The van der Waals surface area contributed by atoms with Crippen LogP contribution in [0.3, 0.4) is 0 Å². The van der Waals surface area contributed by atoms with Crippen LogP contribution in [-0.4, -0.2) is 20.8 Å². The van der Waals surface area contributed by atoms with Crippen LogP contribution in [0.1, 0.15) is 0 Å². The van der Waals surface area contributed by atoms with Crippen LogP contribution in [0.4, 0.5) is 39.8 Å². The van der Waals surface area contributed by atoms with E-state index in [-0.39, 0.29) is 6.71 Å². The number of hydrogen-bond acceptors (Lipinski definition) is 3. The number of nitrogens with zero attached hydrogens (tertiary/aromatic N) is 3. The molecule has 2 aliphatic rings. The molecule has 8 rings (SSSR count). The lowest BCUT2D eigenvalue weighted by atomic mass is 9.33. The van der Waals surface area contributed by atoms with Gasteiger partial charge < -0.3 is 14.7 Å². The Morgan fingerprint density at radius 2 is 1.10 bits per heavy atom. The third kappa shape index (κ3) is 3.26. The summed E-state index contributed by atoms with van der Waals surface area (Å²) in [5.74, 6) is 0. The molecule has 4 heteroatoms. The number of benzene rings is 6. The predicted molar refractivity (Wildman–Crippen MR) is 172 cm³/mol. The van der Waals surface area contributed by atoms with Gasteiger partial charge in [-0.2, -0.15) is 0 Å². The number of fused-ring (bicyclic) bond motifs is 6. The molecule has 3 nitrogen and oxygen atoms in total. The second-order valence-corrected chi connectivity index (χ2v) is 10.7. The fourth-order valence-electron chi connectivity index (χ4n) is 6.83. The quantitative estimate of drug-likeness (QED) is 0.236. The van der Waals surface area contributed by atoms with Crippen LogP contribution in [-0.2, 0) is 0 Å². The molecule has 0 aliphatic carbocycles. The van der Waals surface area contributed by atoms with E-state index in [2.05, 4.69) is 162 Å². The van der Waals surface area contributed by atoms with Gasteiger partial charge in [0.1, 0.15) is 0 Å². The summed E-state index contributed by atoms with van der Waals surface area (Å²) in [5, 5.41) is 2.56. The van der Waals surface area contributed by atoms with E-state index in [9.17, 15) is 0 Å². The topological polar surface area (TPSA) is 9.72 Å². The SMILES string of the molecule is CN1c2ccccc2B2c3ccc4ccccc4c3N(C)c3cc(N(c4ccccc4)c4ccccc4)cc1c32. The Balaban J connectivity index is 1.45. The Bertz CT molecular complexity index is 1860. The standard InChI is InChI=1S/C36H28BN3/c1-38-32-20-12-11-19-30(32)37-31-22-21-25-13-9-10-18-29(25)36(31)39(2)34-24-28(23-33(38)35(34)37)40(26-14-5-3-6-15-26)27-16-7-4-8-17-27/h3-24H,1-2H3. The van der Waals surface area contributed by atoms with E-state index in [0.717, 1.165) is 17.1 Å². The van der Waals surface area contributed by atoms with Gasteiger partial charge in [0, 0.05) is 53.6 Å². The highest BCUT2D eigenvalue weighted by Crippen LogP contribution is 2.43. The van der Waals surface area contributed by atoms with Crippen LogP contribution in [0.5, 0.6) is 0 Å². The molecule has 0 fully saturated rings. The zero-order valence-electron chi connectivity index (χ0n) is 22.6. The van der Waals surface area contributed by atoms with E-state index in [4.69, 9.17) is 0 Å². The highest BCUT2D eigenvalue weighted by atomic mass is 15.2. The molecule has 2 heterocycles. The van der Waals surface area contributed by atoms with Crippen LogP contribution in [0, 0.1) is 0 Å². The van der Waals surface area contributed by atoms with E-state index in [1.807, 2.05) is 0 Å². The Hall–Kier alpha value is -4.96. The molecule has 0 spiro atoms. The van der Waals surface area contributed by atoms with Crippen molar-refractivity contribution in [3.63, 3.8) is 0 Å². The number of para-hydroxylation sites is 3. The fraction of sp³-hybridized carbons (Fsp3) is 0.0556.